The van der Waals surface area contributed by atoms with Gasteiger partial charge in [0.05, 0.1) is 22.3 Å². The minimum atomic E-state index is 0.482. The molecular formula is C10H8ClN5. The van der Waals surface area contributed by atoms with Crippen molar-refractivity contribution in [1.82, 2.24) is 20.2 Å². The molecule has 0 fully saturated rings. The van der Waals surface area contributed by atoms with E-state index in [4.69, 9.17) is 17.3 Å². The molecule has 6 heteroatoms. The summed E-state index contributed by atoms with van der Waals surface area (Å²) in [4.78, 5) is 7.53. The summed E-state index contributed by atoms with van der Waals surface area (Å²) in [6.45, 7) is 0. The van der Waals surface area contributed by atoms with Gasteiger partial charge in [0, 0.05) is 0 Å². The molecular weight excluding hydrogens is 226 g/mol. The zero-order chi connectivity index (χ0) is 11.1. The molecule has 4 N–H and O–H groups in total. The number of aromatic nitrogens is 4. The van der Waals surface area contributed by atoms with E-state index in [1.807, 2.05) is 12.1 Å². The second-order valence-electron chi connectivity index (χ2n) is 3.42. The summed E-state index contributed by atoms with van der Waals surface area (Å²) in [5.41, 5.74) is 8.08. The predicted molar refractivity (Wildman–Crippen MR) is 63.1 cm³/mol. The Balaban J connectivity index is 2.27. The molecule has 2 heterocycles. The smallest absolute Gasteiger partial charge is 0.143 e. The molecule has 0 amide bonds. The van der Waals surface area contributed by atoms with Crippen LogP contribution >= 0.6 is 11.6 Å². The second-order valence-corrected chi connectivity index (χ2v) is 3.83. The molecule has 3 aromatic rings. The van der Waals surface area contributed by atoms with Gasteiger partial charge in [0.2, 0.25) is 0 Å². The Bertz CT molecular complexity index is 654. The number of hydrogen-bond donors (Lipinski definition) is 3. The van der Waals surface area contributed by atoms with E-state index in [1.165, 1.54) is 0 Å². The number of nitrogens with two attached hydrogens (primary N) is 1. The fraction of sp³-hybridized carbons (Fsp3) is 0. The van der Waals surface area contributed by atoms with Crippen molar-refractivity contribution < 1.29 is 0 Å². The first-order chi connectivity index (χ1) is 7.75. The van der Waals surface area contributed by atoms with Crippen LogP contribution in [-0.4, -0.2) is 20.2 Å². The normalized spacial score (nSPS) is 11.1. The molecule has 2 aromatic heterocycles. The van der Waals surface area contributed by atoms with Crippen LogP contribution in [0.25, 0.3) is 22.4 Å². The van der Waals surface area contributed by atoms with Crippen molar-refractivity contribution in [2.45, 2.75) is 0 Å². The summed E-state index contributed by atoms with van der Waals surface area (Å²) < 4.78 is 0. The molecule has 3 rings (SSSR count). The largest absolute Gasteiger partial charge is 0.383 e. The molecule has 0 saturated carbocycles. The topological polar surface area (TPSA) is 83.4 Å². The Morgan fingerprint density at radius 3 is 2.88 bits per heavy atom. The average Bonchev–Trinajstić information content (AvgIpc) is 2.84. The summed E-state index contributed by atoms with van der Waals surface area (Å²) in [6.07, 6.45) is 1.63. The van der Waals surface area contributed by atoms with Crippen LogP contribution in [0.15, 0.2) is 24.4 Å². The molecule has 0 unspecified atom stereocenters. The summed E-state index contributed by atoms with van der Waals surface area (Å²) in [5, 5.41) is 7.12. The Morgan fingerprint density at radius 1 is 1.31 bits per heavy atom. The Hall–Kier alpha value is -2.01. The minimum Gasteiger partial charge on any atom is -0.383 e. The van der Waals surface area contributed by atoms with Gasteiger partial charge in [-0.2, -0.15) is 5.10 Å². The number of nitrogens with zero attached hydrogens (tertiary/aromatic N) is 2. The van der Waals surface area contributed by atoms with E-state index in [0.29, 0.717) is 16.7 Å². The fourth-order valence-corrected chi connectivity index (χ4v) is 1.83. The summed E-state index contributed by atoms with van der Waals surface area (Å²) >= 11 is 6.03. The van der Waals surface area contributed by atoms with Crippen molar-refractivity contribution in [3.05, 3.63) is 29.4 Å². The number of imidazole rings is 1. The third-order valence-electron chi connectivity index (χ3n) is 2.39. The van der Waals surface area contributed by atoms with Crippen LogP contribution < -0.4 is 5.73 Å². The second kappa shape index (κ2) is 3.24. The standard InChI is InChI=1S/C10H8ClN5/c11-6-2-1-3-7-8(6)15-10(14-7)5-4-13-16-9(5)12/h1-4H,(H,14,15)(H3,12,13,16). The van der Waals surface area contributed by atoms with Crippen molar-refractivity contribution in [3.63, 3.8) is 0 Å². The van der Waals surface area contributed by atoms with Gasteiger partial charge in [-0.1, -0.05) is 17.7 Å². The molecule has 80 valence electrons. The lowest BCUT2D eigenvalue weighted by Gasteiger charge is -1.90. The SMILES string of the molecule is Nc1[nH]ncc1-c1nc2c(Cl)cccc2[nH]1. The first-order valence-electron chi connectivity index (χ1n) is 4.69. The van der Waals surface area contributed by atoms with Crippen LogP contribution in [0.5, 0.6) is 0 Å². The number of benzene rings is 1. The minimum absolute atomic E-state index is 0.482. The molecule has 0 spiro atoms. The molecule has 0 aliphatic heterocycles. The summed E-state index contributed by atoms with van der Waals surface area (Å²) in [5.74, 6) is 1.14. The van der Waals surface area contributed by atoms with E-state index in [-0.39, 0.29) is 0 Å². The number of nitrogens with one attached hydrogen (secondary N) is 2. The first-order valence-corrected chi connectivity index (χ1v) is 5.07. The highest BCUT2D eigenvalue weighted by molar-refractivity contribution is 6.35. The van der Waals surface area contributed by atoms with Crippen LogP contribution in [0.2, 0.25) is 5.02 Å². The van der Waals surface area contributed by atoms with Crippen LogP contribution in [0.4, 0.5) is 5.82 Å². The fourth-order valence-electron chi connectivity index (χ4n) is 1.61. The third kappa shape index (κ3) is 1.25. The highest BCUT2D eigenvalue weighted by atomic mass is 35.5. The predicted octanol–water partition coefficient (Wildman–Crippen LogP) is 2.19. The molecule has 1 aromatic carbocycles. The van der Waals surface area contributed by atoms with Gasteiger partial charge in [-0.05, 0) is 12.1 Å². The molecule has 0 radical (unpaired) electrons. The maximum Gasteiger partial charge on any atom is 0.143 e. The van der Waals surface area contributed by atoms with Crippen LogP contribution in [0.3, 0.4) is 0 Å². The number of para-hydroxylation sites is 1. The van der Waals surface area contributed by atoms with Crippen molar-refractivity contribution in [2.24, 2.45) is 0 Å². The number of aromatic amines is 2. The Kier molecular flexibility index (Phi) is 1.87. The Labute approximate surface area is 95.6 Å². The lowest BCUT2D eigenvalue weighted by atomic mass is 10.3. The maximum atomic E-state index is 6.03. The van der Waals surface area contributed by atoms with Gasteiger partial charge in [0.25, 0.3) is 0 Å². The highest BCUT2D eigenvalue weighted by Gasteiger charge is 2.11. The van der Waals surface area contributed by atoms with E-state index in [0.717, 1.165) is 16.6 Å². The van der Waals surface area contributed by atoms with Gasteiger partial charge in [-0.3, -0.25) is 5.10 Å². The molecule has 0 saturated heterocycles. The number of hydrogen-bond acceptors (Lipinski definition) is 3. The van der Waals surface area contributed by atoms with Crippen LogP contribution in [-0.2, 0) is 0 Å². The summed E-state index contributed by atoms with van der Waals surface area (Å²) in [7, 11) is 0. The molecule has 16 heavy (non-hydrogen) atoms. The van der Waals surface area contributed by atoms with E-state index >= 15 is 0 Å². The van der Waals surface area contributed by atoms with Gasteiger partial charge in [-0.25, -0.2) is 4.98 Å². The number of H-pyrrole nitrogens is 2. The average molecular weight is 234 g/mol. The van der Waals surface area contributed by atoms with Crippen molar-refractivity contribution >= 4 is 28.5 Å². The van der Waals surface area contributed by atoms with Gasteiger partial charge in [0.15, 0.2) is 0 Å². The molecule has 0 atom stereocenters. The molecule has 0 bridgehead atoms. The van der Waals surface area contributed by atoms with Gasteiger partial charge in [-0.15, -0.1) is 0 Å². The zero-order valence-corrected chi connectivity index (χ0v) is 8.92. The lowest BCUT2D eigenvalue weighted by Crippen LogP contribution is -1.88. The van der Waals surface area contributed by atoms with Crippen LogP contribution in [0.1, 0.15) is 0 Å². The van der Waals surface area contributed by atoms with Crippen molar-refractivity contribution in [2.75, 3.05) is 5.73 Å². The third-order valence-corrected chi connectivity index (χ3v) is 2.69. The maximum absolute atomic E-state index is 6.03. The van der Waals surface area contributed by atoms with E-state index in [2.05, 4.69) is 20.2 Å². The zero-order valence-electron chi connectivity index (χ0n) is 8.16. The number of fused-ring (bicyclic) bond motifs is 1. The van der Waals surface area contributed by atoms with E-state index < -0.39 is 0 Å². The quantitative estimate of drug-likeness (QED) is 0.602. The number of anilines is 1. The van der Waals surface area contributed by atoms with Crippen molar-refractivity contribution in [3.8, 4) is 11.4 Å². The van der Waals surface area contributed by atoms with E-state index in [1.54, 1.807) is 12.3 Å². The van der Waals surface area contributed by atoms with Gasteiger partial charge >= 0.3 is 0 Å². The number of halogens is 1. The first kappa shape index (κ1) is 9.23. The van der Waals surface area contributed by atoms with E-state index in [9.17, 15) is 0 Å². The molecule has 0 aliphatic carbocycles. The monoisotopic (exact) mass is 233 g/mol. The van der Waals surface area contributed by atoms with Crippen LogP contribution in [0, 0.1) is 0 Å². The lowest BCUT2D eigenvalue weighted by molar-refractivity contribution is 1.10. The number of rotatable bonds is 1. The highest BCUT2D eigenvalue weighted by Crippen LogP contribution is 2.27. The number of nitrogen functional groups attached to an aromatic ring is 1. The molecule has 0 aliphatic rings. The Morgan fingerprint density at radius 2 is 2.19 bits per heavy atom. The van der Waals surface area contributed by atoms with Gasteiger partial charge in [0.1, 0.15) is 17.2 Å². The summed E-state index contributed by atoms with van der Waals surface area (Å²) in [6, 6.07) is 5.58. The van der Waals surface area contributed by atoms with Crippen molar-refractivity contribution in [1.29, 1.82) is 0 Å². The molecule has 5 nitrogen and oxygen atoms in total. The van der Waals surface area contributed by atoms with Gasteiger partial charge < -0.3 is 10.7 Å².